The van der Waals surface area contributed by atoms with Gasteiger partial charge in [0.2, 0.25) is 0 Å². The van der Waals surface area contributed by atoms with Gasteiger partial charge in [-0.3, -0.25) is 4.90 Å². The molecule has 0 bridgehead atoms. The lowest BCUT2D eigenvalue weighted by atomic mass is 10.0. The van der Waals surface area contributed by atoms with Crippen molar-refractivity contribution in [3.8, 4) is 6.07 Å². The summed E-state index contributed by atoms with van der Waals surface area (Å²) >= 11 is 0. The number of nitrogens with zero attached hydrogens (tertiary/aromatic N) is 3. The molecule has 1 aliphatic rings. The Bertz CT molecular complexity index is 843. The minimum Gasteiger partial charge on any atom is -0.366 e. The molecule has 0 aromatic heterocycles. The van der Waals surface area contributed by atoms with E-state index in [9.17, 15) is 17.6 Å². The fourth-order valence-electron chi connectivity index (χ4n) is 3.45. The number of rotatable bonds is 3. The molecular formula is C20H19F4N3. The highest BCUT2D eigenvalue weighted by Crippen LogP contribution is 2.38. The van der Waals surface area contributed by atoms with Crippen molar-refractivity contribution in [2.75, 3.05) is 24.5 Å². The van der Waals surface area contributed by atoms with Gasteiger partial charge < -0.3 is 4.90 Å². The van der Waals surface area contributed by atoms with Crippen molar-refractivity contribution >= 4 is 5.69 Å². The molecule has 1 heterocycles. The molecule has 0 spiro atoms. The molecular weight excluding hydrogens is 358 g/mol. The first kappa shape index (κ1) is 19.2. The van der Waals surface area contributed by atoms with Crippen LogP contribution in [0.4, 0.5) is 23.2 Å². The largest absolute Gasteiger partial charge is 0.420 e. The standard InChI is InChI=1S/C20H19F4N3/c1-14-12-27(10-9-26(14)13-15-5-3-2-4-6-15)17-8-7-16(11-25)18(19(17)21)20(22,23)24/h2-8,14H,9-10,12-13H2,1H3/t14-/m0/s1. The zero-order valence-electron chi connectivity index (χ0n) is 14.8. The minimum atomic E-state index is -4.91. The van der Waals surface area contributed by atoms with Crippen LogP contribution in [0.5, 0.6) is 0 Å². The molecule has 0 radical (unpaired) electrons. The molecule has 1 saturated heterocycles. The summed E-state index contributed by atoms with van der Waals surface area (Å²) in [7, 11) is 0. The summed E-state index contributed by atoms with van der Waals surface area (Å²) in [5.74, 6) is -1.37. The molecule has 142 valence electrons. The van der Waals surface area contributed by atoms with Crippen molar-refractivity contribution in [1.82, 2.24) is 4.90 Å². The lowest BCUT2D eigenvalue weighted by molar-refractivity contribution is -0.140. The normalized spacial score (nSPS) is 18.4. The Morgan fingerprint density at radius 2 is 1.81 bits per heavy atom. The quantitative estimate of drug-likeness (QED) is 0.742. The van der Waals surface area contributed by atoms with Crippen molar-refractivity contribution in [1.29, 1.82) is 5.26 Å². The minimum absolute atomic E-state index is 0.0448. The van der Waals surface area contributed by atoms with Crippen LogP contribution in [0, 0.1) is 17.1 Å². The van der Waals surface area contributed by atoms with Gasteiger partial charge in [-0.2, -0.15) is 18.4 Å². The average Bonchev–Trinajstić information content (AvgIpc) is 2.63. The van der Waals surface area contributed by atoms with Gasteiger partial charge in [0.15, 0.2) is 5.82 Å². The van der Waals surface area contributed by atoms with Crippen LogP contribution in [0.1, 0.15) is 23.6 Å². The SMILES string of the molecule is C[C@H]1CN(c2ccc(C#N)c(C(F)(F)F)c2F)CCN1Cc1ccccc1. The van der Waals surface area contributed by atoms with Crippen molar-refractivity contribution in [2.24, 2.45) is 0 Å². The Morgan fingerprint density at radius 3 is 2.41 bits per heavy atom. The van der Waals surface area contributed by atoms with E-state index in [4.69, 9.17) is 5.26 Å². The number of nitriles is 1. The number of anilines is 1. The number of hydrogen-bond donors (Lipinski definition) is 0. The molecule has 1 fully saturated rings. The van der Waals surface area contributed by atoms with E-state index in [0.717, 1.165) is 18.2 Å². The molecule has 0 saturated carbocycles. The summed E-state index contributed by atoms with van der Waals surface area (Å²) in [6, 6.07) is 13.7. The van der Waals surface area contributed by atoms with Crippen LogP contribution in [0.2, 0.25) is 0 Å². The average molecular weight is 377 g/mol. The zero-order valence-corrected chi connectivity index (χ0v) is 14.8. The second-order valence-electron chi connectivity index (χ2n) is 6.68. The van der Waals surface area contributed by atoms with E-state index < -0.39 is 23.1 Å². The van der Waals surface area contributed by atoms with Crippen molar-refractivity contribution < 1.29 is 17.6 Å². The molecule has 0 N–H and O–H groups in total. The lowest BCUT2D eigenvalue weighted by Crippen LogP contribution is -2.51. The third-order valence-corrected chi connectivity index (χ3v) is 4.86. The maximum atomic E-state index is 14.6. The van der Waals surface area contributed by atoms with E-state index in [1.165, 1.54) is 12.1 Å². The van der Waals surface area contributed by atoms with E-state index >= 15 is 0 Å². The molecule has 3 rings (SSSR count). The van der Waals surface area contributed by atoms with Crippen LogP contribution in [-0.2, 0) is 12.7 Å². The van der Waals surface area contributed by atoms with Crippen LogP contribution in [0.25, 0.3) is 0 Å². The summed E-state index contributed by atoms with van der Waals surface area (Å²) < 4.78 is 54.3. The van der Waals surface area contributed by atoms with Gasteiger partial charge in [0.1, 0.15) is 5.56 Å². The summed E-state index contributed by atoms with van der Waals surface area (Å²) in [6.07, 6.45) is -4.91. The molecule has 2 aromatic rings. The smallest absolute Gasteiger partial charge is 0.366 e. The number of halogens is 4. The molecule has 1 aliphatic heterocycles. The van der Waals surface area contributed by atoms with Crippen LogP contribution < -0.4 is 4.90 Å². The number of hydrogen-bond acceptors (Lipinski definition) is 3. The lowest BCUT2D eigenvalue weighted by Gasteiger charge is -2.41. The first-order valence-corrected chi connectivity index (χ1v) is 8.64. The van der Waals surface area contributed by atoms with E-state index in [1.807, 2.05) is 37.3 Å². The fourth-order valence-corrected chi connectivity index (χ4v) is 3.45. The third kappa shape index (κ3) is 4.06. The van der Waals surface area contributed by atoms with Crippen LogP contribution in [0.3, 0.4) is 0 Å². The molecule has 3 nitrogen and oxygen atoms in total. The van der Waals surface area contributed by atoms with Crippen LogP contribution >= 0.6 is 0 Å². The van der Waals surface area contributed by atoms with Gasteiger partial charge in [-0.15, -0.1) is 0 Å². The van der Waals surface area contributed by atoms with Gasteiger partial charge >= 0.3 is 6.18 Å². The van der Waals surface area contributed by atoms with Crippen molar-refractivity contribution in [2.45, 2.75) is 25.7 Å². The summed E-state index contributed by atoms with van der Waals surface area (Å²) in [5.41, 5.74) is -1.13. The Labute approximate surface area is 155 Å². The maximum absolute atomic E-state index is 14.6. The predicted octanol–water partition coefficient (Wildman–Crippen LogP) is 4.43. The Kier molecular flexibility index (Phi) is 5.38. The second kappa shape index (κ2) is 7.57. The molecule has 0 amide bonds. The van der Waals surface area contributed by atoms with Gasteiger partial charge in [-0.1, -0.05) is 30.3 Å². The first-order chi connectivity index (χ1) is 12.8. The number of alkyl halides is 3. The molecule has 1 atom stereocenters. The Morgan fingerprint density at radius 1 is 1.11 bits per heavy atom. The van der Waals surface area contributed by atoms with E-state index in [1.54, 1.807) is 4.90 Å². The Balaban J connectivity index is 1.80. The van der Waals surface area contributed by atoms with Gasteiger partial charge in [0.25, 0.3) is 0 Å². The van der Waals surface area contributed by atoms with E-state index in [2.05, 4.69) is 4.90 Å². The Hall–Kier alpha value is -2.59. The fraction of sp³-hybridized carbons (Fsp3) is 0.350. The monoisotopic (exact) mass is 377 g/mol. The summed E-state index contributed by atoms with van der Waals surface area (Å²) in [6.45, 7) is 4.14. The number of piperazine rings is 1. The molecule has 27 heavy (non-hydrogen) atoms. The van der Waals surface area contributed by atoms with Gasteiger partial charge in [0, 0.05) is 32.2 Å². The van der Waals surface area contributed by atoms with E-state index in [0.29, 0.717) is 19.6 Å². The van der Waals surface area contributed by atoms with Crippen LogP contribution in [0.15, 0.2) is 42.5 Å². The molecule has 7 heteroatoms. The molecule has 0 unspecified atom stereocenters. The van der Waals surface area contributed by atoms with Gasteiger partial charge in [0.05, 0.1) is 17.3 Å². The summed E-state index contributed by atoms with van der Waals surface area (Å²) in [5, 5.41) is 8.89. The second-order valence-corrected chi connectivity index (χ2v) is 6.68. The van der Waals surface area contributed by atoms with E-state index in [-0.39, 0.29) is 11.7 Å². The zero-order chi connectivity index (χ0) is 19.6. The highest BCUT2D eigenvalue weighted by atomic mass is 19.4. The van der Waals surface area contributed by atoms with Crippen molar-refractivity contribution in [3.05, 3.63) is 65.0 Å². The molecule has 2 aromatic carbocycles. The maximum Gasteiger partial charge on any atom is 0.420 e. The van der Waals surface area contributed by atoms with Crippen LogP contribution in [-0.4, -0.2) is 30.6 Å². The first-order valence-electron chi connectivity index (χ1n) is 8.64. The molecule has 0 aliphatic carbocycles. The topological polar surface area (TPSA) is 30.3 Å². The van der Waals surface area contributed by atoms with Crippen molar-refractivity contribution in [3.63, 3.8) is 0 Å². The summed E-state index contributed by atoms with van der Waals surface area (Å²) in [4.78, 5) is 3.84. The third-order valence-electron chi connectivity index (χ3n) is 4.86. The number of benzene rings is 2. The highest BCUT2D eigenvalue weighted by molar-refractivity contribution is 5.56. The van der Waals surface area contributed by atoms with Gasteiger partial charge in [-0.05, 0) is 24.6 Å². The highest BCUT2D eigenvalue weighted by Gasteiger charge is 2.39. The predicted molar refractivity (Wildman–Crippen MR) is 94.6 cm³/mol. The van der Waals surface area contributed by atoms with Gasteiger partial charge in [-0.25, -0.2) is 4.39 Å².